The Balaban J connectivity index is -0.000000943. The van der Waals surface area contributed by atoms with Crippen molar-refractivity contribution < 1.29 is 74.2 Å². The Morgan fingerprint density at radius 3 is 1.30 bits per heavy atom. The van der Waals surface area contributed by atoms with Crippen molar-refractivity contribution in [1.29, 1.82) is 5.26 Å². The number of ether oxygens (including phenoxy) is 2. The van der Waals surface area contributed by atoms with E-state index >= 15 is 0 Å². The average molecular weight is 1260 g/mol. The number of hydrogen-bond donors (Lipinski definition) is 6. The van der Waals surface area contributed by atoms with Gasteiger partial charge in [0, 0.05) is 104 Å². The summed E-state index contributed by atoms with van der Waals surface area (Å²) in [5.74, 6) is -1.82. The number of aromatic nitrogens is 5. The topological polar surface area (TPSA) is 336 Å². The van der Waals surface area contributed by atoms with E-state index in [0.717, 1.165) is 32.3 Å². The first kappa shape index (κ1) is 83.7. The summed E-state index contributed by atoms with van der Waals surface area (Å²) in [6.45, 7) is 12.6. The summed E-state index contributed by atoms with van der Waals surface area (Å²) < 4.78 is 9.35. The first-order valence-corrected chi connectivity index (χ1v) is 29.0. The molecule has 0 bridgehead atoms. The van der Waals surface area contributed by atoms with E-state index in [2.05, 4.69) is 74.6 Å². The second-order valence-corrected chi connectivity index (χ2v) is 20.8. The third-order valence-corrected chi connectivity index (χ3v) is 13.1. The van der Waals surface area contributed by atoms with Crippen LogP contribution in [-0.4, -0.2) is 153 Å². The van der Waals surface area contributed by atoms with Crippen LogP contribution in [0.5, 0.6) is 0 Å². The van der Waals surface area contributed by atoms with E-state index in [1.165, 1.54) is 44.2 Å². The van der Waals surface area contributed by atoms with E-state index in [0.29, 0.717) is 41.6 Å². The third-order valence-electron chi connectivity index (χ3n) is 10.1. The first-order valence-electron chi connectivity index (χ1n) is 26.6. The summed E-state index contributed by atoms with van der Waals surface area (Å²) in [5.41, 5.74) is 23.2. The van der Waals surface area contributed by atoms with Crippen LogP contribution in [0.3, 0.4) is 0 Å². The second kappa shape index (κ2) is 51.7. The van der Waals surface area contributed by atoms with Crippen molar-refractivity contribution in [3.05, 3.63) is 175 Å². The molecular weight excluding hydrogens is 1180 g/mol. The van der Waals surface area contributed by atoms with Crippen LogP contribution in [0.2, 0.25) is 0 Å². The summed E-state index contributed by atoms with van der Waals surface area (Å²) in [5, 5.41) is 33.9. The monoisotopic (exact) mass is 1260 g/mol. The number of aliphatic hydroxyl groups excluding tert-OH is 2. The van der Waals surface area contributed by atoms with Crippen molar-refractivity contribution in [1.82, 2.24) is 39.6 Å². The van der Waals surface area contributed by atoms with Gasteiger partial charge in [-0.2, -0.15) is 5.26 Å². The van der Waals surface area contributed by atoms with E-state index in [-0.39, 0.29) is 59.6 Å². The molecular formula is C62H85N12NaO9S3. The number of nitriles is 1. The molecule has 0 aliphatic rings. The van der Waals surface area contributed by atoms with Crippen LogP contribution in [0.1, 0.15) is 79.3 Å². The van der Waals surface area contributed by atoms with Crippen molar-refractivity contribution in [2.24, 2.45) is 0 Å². The standard InChI is InChI=1S/C12H12N2O2S.C10H8N2O2S.C9H8N2S.C9H12N2.C6H16N2.C6H7N.C5H7NO2.C3H8O.C2H6O.Na.H2O/c1-2-16-12(15)9-7-10(17-11(9)13)8-3-5-14-6-4-8;11-9-7(10(13)14)5-8(15-9)6-1-3-12-4-2-6;10-9-2-1-8(12-9)7-3-5-11-6-4-7;1-11(2)8-5-9-3-6-10-7-4-9;1-6(7(2)3)8(4)5;1-6-2-4-7-5-3-6;1-2-8-5(7)3-4-6;1-2-3-4;1-2-3;;/h3-7H,2,13H2,1H3;1-5H,11H2,(H,13,14);1-6H,10H2;3-8H,1-2H3;6H,1-5H3;2-5H,1H3;2-3H2,1H3;4H,2-3H2,1H3;3H,2H2,1H3;;1H2/q;;;;;;;;;+1;/p-1/b;;;8-5+;;;;;;;. The van der Waals surface area contributed by atoms with Crippen LogP contribution in [0, 0.1) is 18.3 Å². The van der Waals surface area contributed by atoms with Crippen molar-refractivity contribution in [2.75, 3.05) is 85.9 Å². The van der Waals surface area contributed by atoms with E-state index in [4.69, 9.17) is 42.5 Å². The Hall–Kier alpha value is -7.51. The maximum atomic E-state index is 11.6. The second-order valence-electron chi connectivity index (χ2n) is 17.5. The van der Waals surface area contributed by atoms with Crippen molar-refractivity contribution >= 4 is 73.0 Å². The number of carbonyl (C=O) groups is 3. The number of hydrogen-bond acceptors (Lipinski definition) is 23. The van der Waals surface area contributed by atoms with Crippen LogP contribution >= 0.6 is 34.0 Å². The number of carboxylic acids is 1. The van der Waals surface area contributed by atoms with Gasteiger partial charge in [-0.15, -0.1) is 34.0 Å². The number of nitrogens with zero attached hydrogens (tertiary/aromatic N) is 9. The van der Waals surface area contributed by atoms with Crippen LogP contribution in [-0.2, 0) is 14.3 Å². The molecule has 0 unspecified atom stereocenters. The number of pyridine rings is 5. The number of aliphatic hydroxyl groups is 2. The Morgan fingerprint density at radius 2 is 1.00 bits per heavy atom. The molecule has 0 aromatic carbocycles. The third kappa shape index (κ3) is 39.0. The minimum Gasteiger partial charge on any atom is -0.870 e. The first-order chi connectivity index (χ1) is 40.6. The Morgan fingerprint density at radius 1 is 0.621 bits per heavy atom. The zero-order chi connectivity index (χ0) is 64.0. The van der Waals surface area contributed by atoms with Gasteiger partial charge in [0.2, 0.25) is 0 Å². The fourth-order valence-electron chi connectivity index (χ4n) is 5.56. The van der Waals surface area contributed by atoms with Crippen molar-refractivity contribution in [2.45, 2.75) is 60.5 Å². The summed E-state index contributed by atoms with van der Waals surface area (Å²) >= 11 is 4.23. The molecule has 87 heavy (non-hydrogen) atoms. The predicted octanol–water partition coefficient (Wildman–Crippen LogP) is 8.19. The molecule has 0 spiro atoms. The van der Waals surface area contributed by atoms with Crippen LogP contribution in [0.25, 0.3) is 37.4 Å². The number of carboxylic acid groups (broad SMARTS) is 1. The maximum absolute atomic E-state index is 11.6. The largest absolute Gasteiger partial charge is 1.00 e. The summed E-state index contributed by atoms with van der Waals surface area (Å²) in [6, 6.07) is 28.2. The van der Waals surface area contributed by atoms with Gasteiger partial charge in [-0.05, 0) is 194 Å². The molecule has 21 nitrogen and oxygen atoms in total. The van der Waals surface area contributed by atoms with Crippen LogP contribution in [0.4, 0.5) is 15.0 Å². The molecule has 0 atom stereocenters. The molecule has 0 saturated heterocycles. The molecule has 8 aromatic rings. The number of anilines is 3. The smallest absolute Gasteiger partial charge is 0.870 e. The molecule has 0 amide bonds. The van der Waals surface area contributed by atoms with Gasteiger partial charge >= 0.3 is 47.5 Å². The minimum atomic E-state index is -0.996. The number of aryl methyl sites for hydroxylation is 1. The van der Waals surface area contributed by atoms with Crippen LogP contribution < -0.4 is 46.8 Å². The number of nitrogen functional groups attached to an aromatic ring is 3. The Bertz CT molecular complexity index is 3050. The molecule has 0 saturated carbocycles. The number of nitrogens with two attached hydrogens (primary N) is 3. The van der Waals surface area contributed by atoms with E-state index in [1.807, 2.05) is 118 Å². The molecule has 0 aliphatic heterocycles. The normalized spacial score (nSPS) is 9.47. The van der Waals surface area contributed by atoms with E-state index in [9.17, 15) is 14.4 Å². The van der Waals surface area contributed by atoms with Gasteiger partial charge in [0.05, 0.1) is 41.6 Å². The number of rotatable bonds is 13. The number of thiophene rings is 3. The molecule has 0 aliphatic carbocycles. The van der Waals surface area contributed by atoms with Crippen molar-refractivity contribution in [3.8, 4) is 37.4 Å². The fourth-order valence-corrected chi connectivity index (χ4v) is 8.19. The summed E-state index contributed by atoms with van der Waals surface area (Å²) in [7, 11) is 12.3. The molecule has 0 radical (unpaired) electrons. The van der Waals surface area contributed by atoms with Gasteiger partial charge in [-0.1, -0.05) is 6.92 Å². The van der Waals surface area contributed by atoms with Gasteiger partial charge in [0.15, 0.2) is 0 Å². The Kier molecular flexibility index (Phi) is 49.7. The molecule has 8 aromatic heterocycles. The maximum Gasteiger partial charge on any atom is 1.00 e. The molecule has 8 rings (SSSR count). The van der Waals surface area contributed by atoms with E-state index < -0.39 is 11.9 Å². The number of aromatic carboxylic acids is 1. The fraction of sp³-hybridized carbons (Fsp3) is 0.306. The molecule has 466 valence electrons. The SMILES string of the molecule is CC(N(C)C)N(C)C.CCCO.CCO.CCOC(=O)CC#N.CCOC(=O)c1cc(-c2ccncc2)sc1N.CN(C)/C=C/c1ccncc1.Cc1ccncc1.Nc1ccc(-c2ccncc2)s1.Nc1sc(-c2ccncc2)cc1C(=O)O.[Na+].[OH-]. The molecule has 25 heteroatoms. The summed E-state index contributed by atoms with van der Waals surface area (Å²) in [4.78, 5) is 61.4. The number of esters is 2. The Labute approximate surface area is 547 Å². The zero-order valence-corrected chi connectivity index (χ0v) is 56.6. The van der Waals surface area contributed by atoms with Crippen LogP contribution in [0.15, 0.2) is 153 Å². The molecule has 10 N–H and O–H groups in total. The average Bonchev–Trinajstić information content (AvgIpc) is 2.41. The quantitative estimate of drug-likeness (QED) is 0.0360. The summed E-state index contributed by atoms with van der Waals surface area (Å²) in [6.07, 6.45) is 22.8. The minimum absolute atomic E-state index is 0. The zero-order valence-electron chi connectivity index (χ0n) is 52.1. The van der Waals surface area contributed by atoms with Gasteiger partial charge in [0.25, 0.3) is 0 Å². The predicted molar refractivity (Wildman–Crippen MR) is 351 cm³/mol. The van der Waals surface area contributed by atoms with Gasteiger partial charge in [-0.3, -0.25) is 39.5 Å². The molecule has 0 fully saturated rings. The van der Waals surface area contributed by atoms with Gasteiger partial charge in [0.1, 0.15) is 16.4 Å². The van der Waals surface area contributed by atoms with Gasteiger partial charge in [-0.25, -0.2) is 9.59 Å². The van der Waals surface area contributed by atoms with Gasteiger partial charge < -0.3 is 52.4 Å². The van der Waals surface area contributed by atoms with Crippen molar-refractivity contribution in [3.63, 3.8) is 0 Å². The molecule has 8 heterocycles. The number of carbonyl (C=O) groups excluding carboxylic acids is 2. The van der Waals surface area contributed by atoms with E-state index in [1.54, 1.807) is 112 Å².